The highest BCUT2D eigenvalue weighted by molar-refractivity contribution is 5.91. The molecule has 21 heavy (non-hydrogen) atoms. The Morgan fingerprint density at radius 1 is 1.19 bits per heavy atom. The van der Waals surface area contributed by atoms with Crippen LogP contribution in [-0.2, 0) is 6.61 Å². The van der Waals surface area contributed by atoms with Crippen molar-refractivity contribution in [2.75, 3.05) is 7.11 Å². The molecule has 0 spiro atoms. The van der Waals surface area contributed by atoms with Crippen LogP contribution < -0.4 is 9.47 Å². The third-order valence-corrected chi connectivity index (χ3v) is 2.98. The lowest BCUT2D eigenvalue weighted by Crippen LogP contribution is -2.04. The van der Waals surface area contributed by atoms with E-state index >= 15 is 0 Å². The minimum atomic E-state index is -1.09. The number of ether oxygens (including phenoxy) is 2. The van der Waals surface area contributed by atoms with E-state index in [9.17, 15) is 9.18 Å². The predicted octanol–water partition coefficient (Wildman–Crippen LogP) is 3.42. The maximum absolute atomic E-state index is 13.6. The van der Waals surface area contributed by atoms with Crippen LogP contribution in [0.2, 0.25) is 0 Å². The maximum Gasteiger partial charge on any atom is 0.339 e. The van der Waals surface area contributed by atoms with Crippen LogP contribution in [0.5, 0.6) is 11.5 Å². The van der Waals surface area contributed by atoms with E-state index < -0.39 is 11.8 Å². The van der Waals surface area contributed by atoms with Gasteiger partial charge in [-0.1, -0.05) is 12.1 Å². The number of rotatable bonds is 5. The quantitative estimate of drug-likeness (QED) is 0.916. The van der Waals surface area contributed by atoms with Gasteiger partial charge >= 0.3 is 5.97 Å². The Balaban J connectivity index is 2.18. The molecule has 1 N–H and O–H groups in total. The Kier molecular flexibility index (Phi) is 4.42. The molecule has 0 saturated heterocycles. The first kappa shape index (κ1) is 14.8. The molecule has 0 heterocycles. The molecule has 0 aromatic heterocycles. The summed E-state index contributed by atoms with van der Waals surface area (Å²) < 4.78 is 23.9. The van der Waals surface area contributed by atoms with Gasteiger partial charge < -0.3 is 14.6 Å². The number of hydrogen-bond acceptors (Lipinski definition) is 3. The molecular weight excluding hydrogens is 275 g/mol. The van der Waals surface area contributed by atoms with Crippen molar-refractivity contribution in [3.8, 4) is 11.5 Å². The van der Waals surface area contributed by atoms with Crippen LogP contribution in [0.15, 0.2) is 36.4 Å². The second-order valence-electron chi connectivity index (χ2n) is 4.56. The van der Waals surface area contributed by atoms with E-state index in [2.05, 4.69) is 0 Å². The van der Waals surface area contributed by atoms with Crippen molar-refractivity contribution in [3.63, 3.8) is 0 Å². The van der Waals surface area contributed by atoms with Crippen LogP contribution in [0.4, 0.5) is 4.39 Å². The minimum absolute atomic E-state index is 0.0447. The molecule has 5 heteroatoms. The number of carboxylic acids is 1. The summed E-state index contributed by atoms with van der Waals surface area (Å²) in [5, 5.41) is 9.11. The lowest BCUT2D eigenvalue weighted by atomic mass is 10.1. The SMILES string of the molecule is COc1ccc(COc2cc(C)ccc2F)cc1C(=O)O. The first-order chi connectivity index (χ1) is 10.0. The van der Waals surface area contributed by atoms with Crippen molar-refractivity contribution in [2.45, 2.75) is 13.5 Å². The monoisotopic (exact) mass is 290 g/mol. The van der Waals surface area contributed by atoms with Crippen LogP contribution in [0.25, 0.3) is 0 Å². The second-order valence-corrected chi connectivity index (χ2v) is 4.56. The Morgan fingerprint density at radius 3 is 2.62 bits per heavy atom. The lowest BCUT2D eigenvalue weighted by molar-refractivity contribution is 0.0693. The largest absolute Gasteiger partial charge is 0.496 e. The molecule has 0 fully saturated rings. The third-order valence-electron chi connectivity index (χ3n) is 2.98. The lowest BCUT2D eigenvalue weighted by Gasteiger charge is -2.10. The molecule has 0 atom stereocenters. The van der Waals surface area contributed by atoms with Gasteiger partial charge in [0.15, 0.2) is 11.6 Å². The van der Waals surface area contributed by atoms with Crippen LogP contribution >= 0.6 is 0 Å². The fourth-order valence-electron chi connectivity index (χ4n) is 1.89. The summed E-state index contributed by atoms with van der Waals surface area (Å²) in [5.41, 5.74) is 1.55. The van der Waals surface area contributed by atoms with Crippen LogP contribution in [-0.4, -0.2) is 18.2 Å². The van der Waals surface area contributed by atoms with Crippen molar-refractivity contribution in [1.29, 1.82) is 0 Å². The Morgan fingerprint density at radius 2 is 1.95 bits per heavy atom. The highest BCUT2D eigenvalue weighted by Gasteiger charge is 2.12. The average molecular weight is 290 g/mol. The van der Waals surface area contributed by atoms with E-state index in [0.29, 0.717) is 5.56 Å². The fourth-order valence-corrected chi connectivity index (χ4v) is 1.89. The molecule has 0 aliphatic carbocycles. The number of benzene rings is 2. The number of methoxy groups -OCH3 is 1. The molecule has 0 saturated carbocycles. The number of aromatic carboxylic acids is 1. The number of halogens is 1. The molecule has 0 unspecified atom stereocenters. The first-order valence-corrected chi connectivity index (χ1v) is 6.30. The van der Waals surface area contributed by atoms with E-state index in [-0.39, 0.29) is 23.7 Å². The second kappa shape index (κ2) is 6.26. The zero-order chi connectivity index (χ0) is 15.4. The average Bonchev–Trinajstić information content (AvgIpc) is 2.47. The van der Waals surface area contributed by atoms with Gasteiger partial charge in [0.05, 0.1) is 7.11 Å². The van der Waals surface area contributed by atoms with Crippen molar-refractivity contribution >= 4 is 5.97 Å². The summed E-state index contributed by atoms with van der Waals surface area (Å²) >= 11 is 0. The molecule has 0 radical (unpaired) electrons. The standard InChI is InChI=1S/C16H15FO4/c1-10-3-5-13(17)15(7-10)21-9-11-4-6-14(20-2)12(8-11)16(18)19/h3-8H,9H2,1-2H3,(H,18,19). The van der Waals surface area contributed by atoms with Crippen LogP contribution in [0.1, 0.15) is 21.5 Å². The zero-order valence-corrected chi connectivity index (χ0v) is 11.7. The fraction of sp³-hybridized carbons (Fsp3) is 0.188. The first-order valence-electron chi connectivity index (χ1n) is 6.30. The summed E-state index contributed by atoms with van der Waals surface area (Å²) in [5.74, 6) is -1.13. The normalized spacial score (nSPS) is 10.2. The Bertz CT molecular complexity index is 667. The van der Waals surface area contributed by atoms with Crippen molar-refractivity contribution in [3.05, 3.63) is 58.9 Å². The Hall–Kier alpha value is -2.56. The van der Waals surface area contributed by atoms with E-state index in [0.717, 1.165) is 5.56 Å². The molecule has 2 aromatic rings. The van der Waals surface area contributed by atoms with Gasteiger partial charge in [-0.3, -0.25) is 0 Å². The smallest absolute Gasteiger partial charge is 0.339 e. The molecule has 0 aliphatic heterocycles. The van der Waals surface area contributed by atoms with Gasteiger partial charge in [-0.05, 0) is 42.3 Å². The molecule has 4 nitrogen and oxygen atoms in total. The third kappa shape index (κ3) is 3.51. The van der Waals surface area contributed by atoms with Crippen LogP contribution in [0, 0.1) is 12.7 Å². The highest BCUT2D eigenvalue weighted by Crippen LogP contribution is 2.23. The van der Waals surface area contributed by atoms with Gasteiger partial charge in [-0.25, -0.2) is 9.18 Å². The Labute approximate surface area is 121 Å². The molecular formula is C16H15FO4. The zero-order valence-electron chi connectivity index (χ0n) is 11.7. The van der Waals surface area contributed by atoms with Gasteiger partial charge in [0.1, 0.15) is 17.9 Å². The van der Waals surface area contributed by atoms with E-state index in [4.69, 9.17) is 14.6 Å². The minimum Gasteiger partial charge on any atom is -0.496 e. The molecule has 110 valence electrons. The van der Waals surface area contributed by atoms with Crippen LogP contribution in [0.3, 0.4) is 0 Å². The van der Waals surface area contributed by atoms with Gasteiger partial charge in [0.25, 0.3) is 0 Å². The summed E-state index contributed by atoms with van der Waals surface area (Å²) in [6.45, 7) is 1.91. The number of carboxylic acid groups (broad SMARTS) is 1. The van der Waals surface area contributed by atoms with E-state index in [1.54, 1.807) is 24.3 Å². The number of aryl methyl sites for hydroxylation is 1. The molecule has 0 bridgehead atoms. The van der Waals surface area contributed by atoms with E-state index in [1.165, 1.54) is 19.2 Å². The summed E-state index contributed by atoms with van der Waals surface area (Å²) in [7, 11) is 1.40. The highest BCUT2D eigenvalue weighted by atomic mass is 19.1. The van der Waals surface area contributed by atoms with Crippen molar-refractivity contribution < 1.29 is 23.8 Å². The van der Waals surface area contributed by atoms with Gasteiger partial charge in [0, 0.05) is 0 Å². The summed E-state index contributed by atoms with van der Waals surface area (Å²) in [6.07, 6.45) is 0. The van der Waals surface area contributed by atoms with Gasteiger partial charge in [-0.15, -0.1) is 0 Å². The number of hydrogen-bond donors (Lipinski definition) is 1. The molecule has 2 rings (SSSR count). The van der Waals surface area contributed by atoms with Gasteiger partial charge in [-0.2, -0.15) is 0 Å². The molecule has 0 amide bonds. The van der Waals surface area contributed by atoms with Crippen molar-refractivity contribution in [2.24, 2.45) is 0 Å². The van der Waals surface area contributed by atoms with E-state index in [1.807, 2.05) is 6.92 Å². The predicted molar refractivity (Wildman–Crippen MR) is 75.4 cm³/mol. The maximum atomic E-state index is 13.6. The molecule has 2 aromatic carbocycles. The summed E-state index contributed by atoms with van der Waals surface area (Å²) in [4.78, 5) is 11.1. The van der Waals surface area contributed by atoms with Gasteiger partial charge in [0.2, 0.25) is 0 Å². The number of carbonyl (C=O) groups is 1. The summed E-state index contributed by atoms with van der Waals surface area (Å²) in [6, 6.07) is 9.26. The molecule has 0 aliphatic rings. The van der Waals surface area contributed by atoms with Crippen molar-refractivity contribution in [1.82, 2.24) is 0 Å². The topological polar surface area (TPSA) is 55.8 Å².